The Balaban J connectivity index is 1.96. The van der Waals surface area contributed by atoms with Gasteiger partial charge in [-0.05, 0) is 37.5 Å². The highest BCUT2D eigenvalue weighted by Gasteiger charge is 2.11. The first-order chi connectivity index (χ1) is 11.1. The number of rotatable bonds is 8. The summed E-state index contributed by atoms with van der Waals surface area (Å²) in [4.78, 5) is 16.2. The molecule has 23 heavy (non-hydrogen) atoms. The number of carbonyl (C=O) groups is 1. The van der Waals surface area contributed by atoms with Crippen LogP contribution in [-0.4, -0.2) is 41.5 Å². The van der Waals surface area contributed by atoms with Gasteiger partial charge in [-0.2, -0.15) is 0 Å². The van der Waals surface area contributed by atoms with E-state index in [4.69, 9.17) is 4.74 Å². The minimum atomic E-state index is 0.0154. The third-order valence-electron chi connectivity index (χ3n) is 3.62. The lowest BCUT2D eigenvalue weighted by molar-refractivity contribution is -0.118. The van der Waals surface area contributed by atoms with E-state index in [1.807, 2.05) is 16.8 Å². The number of hydrogen-bond donors (Lipinski definition) is 1. The number of nitrogens with zero attached hydrogens (tertiary/aromatic N) is 2. The normalized spacial score (nSPS) is 10.7. The minimum Gasteiger partial charge on any atom is -0.385 e. The molecular formula is C17H23N3O2S. The van der Waals surface area contributed by atoms with Gasteiger partial charge >= 0.3 is 0 Å². The van der Waals surface area contributed by atoms with E-state index in [1.165, 1.54) is 22.9 Å². The molecule has 0 spiro atoms. The molecule has 2 rings (SSSR count). The number of aryl methyl sites for hydroxylation is 1. The molecule has 5 nitrogen and oxygen atoms in total. The first-order valence-corrected chi connectivity index (χ1v) is 8.60. The highest BCUT2D eigenvalue weighted by atomic mass is 32.2. The molecule has 0 atom stereocenters. The molecule has 0 fully saturated rings. The van der Waals surface area contributed by atoms with Gasteiger partial charge < -0.3 is 10.1 Å². The van der Waals surface area contributed by atoms with Crippen LogP contribution in [0.3, 0.4) is 0 Å². The van der Waals surface area contributed by atoms with E-state index in [2.05, 4.69) is 36.3 Å². The maximum atomic E-state index is 11.9. The zero-order valence-electron chi connectivity index (χ0n) is 13.8. The van der Waals surface area contributed by atoms with E-state index in [-0.39, 0.29) is 5.91 Å². The zero-order valence-corrected chi connectivity index (χ0v) is 14.7. The average Bonchev–Trinajstić information content (AvgIpc) is 3.00. The molecule has 124 valence electrons. The van der Waals surface area contributed by atoms with Crippen molar-refractivity contribution >= 4 is 17.7 Å². The van der Waals surface area contributed by atoms with Gasteiger partial charge in [-0.15, -0.1) is 0 Å². The highest BCUT2D eigenvalue weighted by molar-refractivity contribution is 7.99. The second-order valence-corrected chi connectivity index (χ2v) is 6.23. The summed E-state index contributed by atoms with van der Waals surface area (Å²) in [6.45, 7) is 5.49. The second-order valence-electron chi connectivity index (χ2n) is 5.28. The van der Waals surface area contributed by atoms with Crippen LogP contribution < -0.4 is 5.32 Å². The van der Waals surface area contributed by atoms with Crippen LogP contribution in [0.15, 0.2) is 35.7 Å². The van der Waals surface area contributed by atoms with Crippen LogP contribution in [0.5, 0.6) is 0 Å². The fraction of sp³-hybridized carbons (Fsp3) is 0.412. The molecule has 0 saturated heterocycles. The predicted molar refractivity (Wildman–Crippen MR) is 93.3 cm³/mol. The number of imidazole rings is 1. The van der Waals surface area contributed by atoms with Crippen LogP contribution in [0.1, 0.15) is 17.5 Å². The van der Waals surface area contributed by atoms with Gasteiger partial charge in [-0.25, -0.2) is 4.98 Å². The van der Waals surface area contributed by atoms with Gasteiger partial charge in [0, 0.05) is 32.7 Å². The van der Waals surface area contributed by atoms with Crippen molar-refractivity contribution in [3.8, 4) is 5.69 Å². The van der Waals surface area contributed by atoms with Crippen molar-refractivity contribution in [1.82, 2.24) is 14.9 Å². The van der Waals surface area contributed by atoms with Crippen LogP contribution in [-0.2, 0) is 9.53 Å². The topological polar surface area (TPSA) is 56.1 Å². The molecule has 1 aromatic heterocycles. The van der Waals surface area contributed by atoms with Crippen LogP contribution in [0.25, 0.3) is 5.69 Å². The Hall–Kier alpha value is -1.79. The summed E-state index contributed by atoms with van der Waals surface area (Å²) in [5.74, 6) is 0.371. The molecule has 0 unspecified atom stereocenters. The average molecular weight is 333 g/mol. The van der Waals surface area contributed by atoms with Crippen LogP contribution in [0.4, 0.5) is 0 Å². The van der Waals surface area contributed by atoms with E-state index in [9.17, 15) is 4.79 Å². The molecule has 1 N–H and O–H groups in total. The molecular weight excluding hydrogens is 310 g/mol. The Labute approximate surface area is 141 Å². The van der Waals surface area contributed by atoms with Gasteiger partial charge in [0.2, 0.25) is 5.91 Å². The van der Waals surface area contributed by atoms with Gasteiger partial charge in [-0.1, -0.05) is 23.9 Å². The number of thioether (sulfide) groups is 1. The lowest BCUT2D eigenvalue weighted by Crippen LogP contribution is -2.26. The number of methoxy groups -OCH3 is 1. The van der Waals surface area contributed by atoms with E-state index >= 15 is 0 Å². The number of carbonyl (C=O) groups excluding carboxylic acids is 1. The third-order valence-corrected chi connectivity index (χ3v) is 4.59. The smallest absolute Gasteiger partial charge is 0.230 e. The second kappa shape index (κ2) is 8.74. The molecule has 0 aliphatic rings. The summed E-state index contributed by atoms with van der Waals surface area (Å²) in [6, 6.07) is 6.20. The van der Waals surface area contributed by atoms with Crippen molar-refractivity contribution < 1.29 is 9.53 Å². The van der Waals surface area contributed by atoms with E-state index in [0.717, 1.165) is 17.3 Å². The molecule has 0 aliphatic carbocycles. The third kappa shape index (κ3) is 4.84. The molecule has 1 heterocycles. The molecule has 0 radical (unpaired) electrons. The number of ether oxygens (including phenoxy) is 1. The monoisotopic (exact) mass is 333 g/mol. The number of aromatic nitrogens is 2. The van der Waals surface area contributed by atoms with E-state index in [0.29, 0.717) is 18.9 Å². The summed E-state index contributed by atoms with van der Waals surface area (Å²) in [5, 5.41) is 3.71. The Morgan fingerprint density at radius 3 is 3.00 bits per heavy atom. The predicted octanol–water partition coefficient (Wildman–Crippen LogP) is 2.73. The fourth-order valence-corrected chi connectivity index (χ4v) is 3.00. The first-order valence-electron chi connectivity index (χ1n) is 7.62. The Kier molecular flexibility index (Phi) is 6.67. The summed E-state index contributed by atoms with van der Waals surface area (Å²) < 4.78 is 6.99. The minimum absolute atomic E-state index is 0.0154. The Morgan fingerprint density at radius 1 is 1.39 bits per heavy atom. The lowest BCUT2D eigenvalue weighted by atomic mass is 10.1. The molecule has 0 saturated carbocycles. The van der Waals surface area contributed by atoms with Gasteiger partial charge in [0.25, 0.3) is 0 Å². The Morgan fingerprint density at radius 2 is 2.22 bits per heavy atom. The quantitative estimate of drug-likeness (QED) is 0.596. The van der Waals surface area contributed by atoms with Gasteiger partial charge in [0.15, 0.2) is 5.16 Å². The molecule has 6 heteroatoms. The van der Waals surface area contributed by atoms with Crippen LogP contribution in [0.2, 0.25) is 0 Å². The maximum absolute atomic E-state index is 11.9. The molecule has 1 amide bonds. The van der Waals surface area contributed by atoms with Crippen molar-refractivity contribution in [2.45, 2.75) is 25.4 Å². The zero-order chi connectivity index (χ0) is 16.7. The number of nitrogens with one attached hydrogen (secondary N) is 1. The maximum Gasteiger partial charge on any atom is 0.230 e. The summed E-state index contributed by atoms with van der Waals surface area (Å²) >= 11 is 1.44. The van der Waals surface area contributed by atoms with Gasteiger partial charge in [0.1, 0.15) is 0 Å². The summed E-state index contributed by atoms with van der Waals surface area (Å²) in [5.41, 5.74) is 3.56. The summed E-state index contributed by atoms with van der Waals surface area (Å²) in [7, 11) is 1.66. The molecule has 1 aromatic carbocycles. The van der Waals surface area contributed by atoms with E-state index < -0.39 is 0 Å². The van der Waals surface area contributed by atoms with Crippen LogP contribution in [0, 0.1) is 13.8 Å². The fourth-order valence-electron chi connectivity index (χ4n) is 2.20. The van der Waals surface area contributed by atoms with Crippen molar-refractivity contribution in [2.24, 2.45) is 0 Å². The van der Waals surface area contributed by atoms with Crippen LogP contribution >= 0.6 is 11.8 Å². The largest absolute Gasteiger partial charge is 0.385 e. The van der Waals surface area contributed by atoms with E-state index in [1.54, 1.807) is 13.3 Å². The van der Waals surface area contributed by atoms with Gasteiger partial charge in [0.05, 0.1) is 11.4 Å². The number of hydrogen-bond acceptors (Lipinski definition) is 4. The van der Waals surface area contributed by atoms with Crippen molar-refractivity contribution in [1.29, 1.82) is 0 Å². The van der Waals surface area contributed by atoms with Gasteiger partial charge in [-0.3, -0.25) is 9.36 Å². The lowest BCUT2D eigenvalue weighted by Gasteiger charge is -2.12. The molecule has 0 aliphatic heterocycles. The number of amides is 1. The highest BCUT2D eigenvalue weighted by Crippen LogP contribution is 2.24. The number of benzene rings is 1. The Bertz CT molecular complexity index is 655. The molecule has 2 aromatic rings. The SMILES string of the molecule is COCCCNC(=O)CSc1nccn1-c1cccc(C)c1C. The van der Waals surface area contributed by atoms with Crippen molar-refractivity contribution in [3.05, 3.63) is 41.7 Å². The van der Waals surface area contributed by atoms with Crippen molar-refractivity contribution in [2.75, 3.05) is 26.0 Å². The summed E-state index contributed by atoms with van der Waals surface area (Å²) in [6.07, 6.45) is 4.52. The standard InChI is InChI=1S/C17H23N3O2S/c1-13-6-4-7-15(14(13)2)20-10-9-19-17(20)23-12-16(21)18-8-5-11-22-3/h4,6-7,9-10H,5,8,11-12H2,1-3H3,(H,18,21). The first kappa shape index (κ1) is 17.6. The molecule has 0 bridgehead atoms. The van der Waals surface area contributed by atoms with Crippen molar-refractivity contribution in [3.63, 3.8) is 0 Å².